The van der Waals surface area contributed by atoms with Gasteiger partial charge in [-0.2, -0.15) is 0 Å². The fourth-order valence-electron chi connectivity index (χ4n) is 3.90. The van der Waals surface area contributed by atoms with Gasteiger partial charge in [-0.3, -0.25) is 4.90 Å². The molecule has 2 heterocycles. The first-order valence-electron chi connectivity index (χ1n) is 9.12. The minimum Gasteiger partial charge on any atom is -0.497 e. The van der Waals surface area contributed by atoms with Crippen LogP contribution in [0.15, 0.2) is 24.3 Å². The Morgan fingerprint density at radius 3 is 2.44 bits per heavy atom. The Labute approximate surface area is 150 Å². The molecular formula is C20H30N2O3. The highest BCUT2D eigenvalue weighted by atomic mass is 16.6. The van der Waals surface area contributed by atoms with Crippen LogP contribution in [0.3, 0.4) is 0 Å². The fourth-order valence-corrected chi connectivity index (χ4v) is 3.90. The highest BCUT2D eigenvalue weighted by molar-refractivity contribution is 5.68. The lowest BCUT2D eigenvalue weighted by atomic mass is 9.86. The molecule has 3 rings (SSSR count). The molecule has 2 aliphatic heterocycles. The highest BCUT2D eigenvalue weighted by Crippen LogP contribution is 2.40. The third-order valence-electron chi connectivity index (χ3n) is 5.17. The standard InChI is InChI=1S/C20H30N2O3/c1-19(2,3)25-18(23)22-12-10-20(15-22)9-11-21(14-20)13-16-5-7-17(24-4)8-6-16/h5-8H,9-15H2,1-4H3/t20-/m0/s1. The van der Waals surface area contributed by atoms with Crippen molar-refractivity contribution in [2.75, 3.05) is 33.3 Å². The zero-order valence-corrected chi connectivity index (χ0v) is 15.9. The molecule has 5 nitrogen and oxygen atoms in total. The van der Waals surface area contributed by atoms with Crippen molar-refractivity contribution in [2.24, 2.45) is 5.41 Å². The summed E-state index contributed by atoms with van der Waals surface area (Å²) >= 11 is 0. The third-order valence-corrected chi connectivity index (χ3v) is 5.17. The van der Waals surface area contributed by atoms with Crippen LogP contribution in [0.5, 0.6) is 5.75 Å². The summed E-state index contributed by atoms with van der Waals surface area (Å²) in [6.07, 6.45) is 2.06. The maximum absolute atomic E-state index is 12.3. The number of ether oxygens (including phenoxy) is 2. The lowest BCUT2D eigenvalue weighted by Gasteiger charge is -2.27. The Morgan fingerprint density at radius 2 is 1.80 bits per heavy atom. The van der Waals surface area contributed by atoms with E-state index in [1.807, 2.05) is 37.8 Å². The van der Waals surface area contributed by atoms with Crippen molar-refractivity contribution in [3.63, 3.8) is 0 Å². The fraction of sp³-hybridized carbons (Fsp3) is 0.650. The van der Waals surface area contributed by atoms with Gasteiger partial charge in [0.1, 0.15) is 11.4 Å². The zero-order valence-electron chi connectivity index (χ0n) is 15.9. The molecule has 25 heavy (non-hydrogen) atoms. The van der Waals surface area contributed by atoms with Gasteiger partial charge in [-0.05, 0) is 57.9 Å². The molecule has 0 radical (unpaired) electrons. The molecule has 1 amide bonds. The Kier molecular flexibility index (Phi) is 4.96. The van der Waals surface area contributed by atoms with Crippen LogP contribution in [0, 0.1) is 5.41 Å². The van der Waals surface area contributed by atoms with Crippen molar-refractivity contribution in [2.45, 2.75) is 45.8 Å². The molecule has 0 unspecified atom stereocenters. The van der Waals surface area contributed by atoms with Crippen LogP contribution in [0.25, 0.3) is 0 Å². The summed E-state index contributed by atoms with van der Waals surface area (Å²) in [7, 11) is 1.69. The minimum absolute atomic E-state index is 0.169. The molecule has 0 aromatic heterocycles. The summed E-state index contributed by atoms with van der Waals surface area (Å²) in [5, 5.41) is 0. The second-order valence-electron chi connectivity index (χ2n) is 8.46. The van der Waals surface area contributed by atoms with Gasteiger partial charge in [-0.25, -0.2) is 4.79 Å². The summed E-state index contributed by atoms with van der Waals surface area (Å²) in [5.74, 6) is 0.894. The summed E-state index contributed by atoms with van der Waals surface area (Å²) in [5.41, 5.74) is 1.12. The van der Waals surface area contributed by atoms with Gasteiger partial charge < -0.3 is 14.4 Å². The van der Waals surface area contributed by atoms with E-state index in [1.165, 1.54) is 5.56 Å². The van der Waals surface area contributed by atoms with Crippen molar-refractivity contribution >= 4 is 6.09 Å². The normalized spacial score (nSPS) is 24.1. The van der Waals surface area contributed by atoms with Gasteiger partial charge in [-0.1, -0.05) is 12.1 Å². The number of rotatable bonds is 3. The smallest absolute Gasteiger partial charge is 0.410 e. The Morgan fingerprint density at radius 1 is 1.12 bits per heavy atom. The second kappa shape index (κ2) is 6.87. The highest BCUT2D eigenvalue weighted by Gasteiger charge is 2.45. The lowest BCUT2D eigenvalue weighted by Crippen LogP contribution is -2.37. The van der Waals surface area contributed by atoms with Gasteiger partial charge in [-0.15, -0.1) is 0 Å². The van der Waals surface area contributed by atoms with Crippen LogP contribution in [0.4, 0.5) is 4.79 Å². The summed E-state index contributed by atoms with van der Waals surface area (Å²) in [4.78, 5) is 16.7. The van der Waals surface area contributed by atoms with Gasteiger partial charge in [0.2, 0.25) is 0 Å². The van der Waals surface area contributed by atoms with E-state index in [9.17, 15) is 4.79 Å². The van der Waals surface area contributed by atoms with Crippen molar-refractivity contribution in [1.29, 1.82) is 0 Å². The second-order valence-corrected chi connectivity index (χ2v) is 8.46. The number of nitrogens with zero attached hydrogens (tertiary/aromatic N) is 2. The number of hydrogen-bond donors (Lipinski definition) is 0. The van der Waals surface area contributed by atoms with Crippen molar-refractivity contribution < 1.29 is 14.3 Å². The molecule has 1 aromatic carbocycles. The zero-order chi connectivity index (χ0) is 18.1. The molecule has 1 aromatic rings. The first kappa shape index (κ1) is 18.1. The topological polar surface area (TPSA) is 42.0 Å². The molecule has 0 N–H and O–H groups in total. The number of methoxy groups -OCH3 is 1. The first-order chi connectivity index (χ1) is 11.8. The van der Waals surface area contributed by atoms with Crippen molar-refractivity contribution in [3.8, 4) is 5.75 Å². The van der Waals surface area contributed by atoms with Crippen LogP contribution in [-0.2, 0) is 11.3 Å². The predicted octanol–water partition coefficient (Wildman–Crippen LogP) is 3.53. The quantitative estimate of drug-likeness (QED) is 0.840. The average molecular weight is 346 g/mol. The Hall–Kier alpha value is -1.75. The molecule has 1 spiro atoms. The molecule has 0 bridgehead atoms. The van der Waals surface area contributed by atoms with E-state index in [-0.39, 0.29) is 11.5 Å². The van der Waals surface area contributed by atoms with Gasteiger partial charge in [0.15, 0.2) is 0 Å². The molecule has 1 atom stereocenters. The molecule has 2 aliphatic rings. The van der Waals surface area contributed by atoms with Crippen molar-refractivity contribution in [3.05, 3.63) is 29.8 Å². The summed E-state index contributed by atoms with van der Waals surface area (Å²) < 4.78 is 10.8. The molecular weight excluding hydrogens is 316 g/mol. The Bertz CT molecular complexity index is 608. The number of carbonyl (C=O) groups excluding carboxylic acids is 1. The van der Waals surface area contributed by atoms with Gasteiger partial charge in [0.05, 0.1) is 7.11 Å². The predicted molar refractivity (Wildman–Crippen MR) is 97.7 cm³/mol. The van der Waals surface area contributed by atoms with E-state index in [1.54, 1.807) is 7.11 Å². The van der Waals surface area contributed by atoms with E-state index >= 15 is 0 Å². The van der Waals surface area contributed by atoms with Crippen LogP contribution in [0.2, 0.25) is 0 Å². The minimum atomic E-state index is -0.428. The Balaban J connectivity index is 1.54. The number of carbonyl (C=O) groups is 1. The number of benzene rings is 1. The lowest BCUT2D eigenvalue weighted by molar-refractivity contribution is 0.0274. The first-order valence-corrected chi connectivity index (χ1v) is 9.12. The molecule has 138 valence electrons. The van der Waals surface area contributed by atoms with Gasteiger partial charge >= 0.3 is 6.09 Å². The average Bonchev–Trinajstić information content (AvgIpc) is 3.14. The monoisotopic (exact) mass is 346 g/mol. The van der Waals surface area contributed by atoms with Crippen LogP contribution in [-0.4, -0.2) is 54.8 Å². The molecule has 2 saturated heterocycles. The number of amides is 1. The van der Waals surface area contributed by atoms with Crippen molar-refractivity contribution in [1.82, 2.24) is 9.80 Å². The molecule has 2 fully saturated rings. The van der Waals surface area contributed by atoms with Crippen LogP contribution in [0.1, 0.15) is 39.2 Å². The maximum atomic E-state index is 12.3. The summed E-state index contributed by atoms with van der Waals surface area (Å²) in [6, 6.07) is 8.29. The van der Waals surface area contributed by atoms with E-state index in [0.717, 1.165) is 51.3 Å². The summed E-state index contributed by atoms with van der Waals surface area (Å²) in [6.45, 7) is 10.5. The maximum Gasteiger partial charge on any atom is 0.410 e. The van der Waals surface area contributed by atoms with E-state index in [0.29, 0.717) is 0 Å². The third kappa shape index (κ3) is 4.46. The van der Waals surface area contributed by atoms with Crippen LogP contribution >= 0.6 is 0 Å². The molecule has 0 saturated carbocycles. The number of hydrogen-bond acceptors (Lipinski definition) is 4. The van der Waals surface area contributed by atoms with Gasteiger partial charge in [0.25, 0.3) is 0 Å². The van der Waals surface area contributed by atoms with E-state index in [4.69, 9.17) is 9.47 Å². The van der Waals surface area contributed by atoms with Crippen LogP contribution < -0.4 is 4.74 Å². The van der Waals surface area contributed by atoms with E-state index in [2.05, 4.69) is 17.0 Å². The molecule has 0 aliphatic carbocycles. The van der Waals surface area contributed by atoms with E-state index < -0.39 is 5.60 Å². The SMILES string of the molecule is COc1ccc(CN2CC[C@]3(CCN(C(=O)OC(C)(C)C)C3)C2)cc1. The largest absolute Gasteiger partial charge is 0.497 e. The van der Waals surface area contributed by atoms with Gasteiger partial charge in [0, 0.05) is 31.6 Å². The molecule has 5 heteroatoms. The number of likely N-dealkylation sites (tertiary alicyclic amines) is 2.